The van der Waals surface area contributed by atoms with Gasteiger partial charge in [0.15, 0.2) is 5.78 Å². The van der Waals surface area contributed by atoms with Crippen LogP contribution in [-0.2, 0) is 9.47 Å². The number of methoxy groups -OCH3 is 1. The Labute approximate surface area is 142 Å². The Morgan fingerprint density at radius 2 is 1.83 bits per heavy atom. The highest BCUT2D eigenvalue weighted by Gasteiger charge is 2.25. The van der Waals surface area contributed by atoms with E-state index in [0.717, 1.165) is 0 Å². The normalized spacial score (nSPS) is 11.8. The molecule has 0 unspecified atom stereocenters. The fourth-order valence-electron chi connectivity index (χ4n) is 1.76. The molecule has 1 aromatic heterocycles. The van der Waals surface area contributed by atoms with E-state index in [1.807, 2.05) is 0 Å². The van der Waals surface area contributed by atoms with E-state index in [1.165, 1.54) is 13.3 Å². The summed E-state index contributed by atoms with van der Waals surface area (Å²) in [6, 6.07) is 3.24. The monoisotopic (exact) mass is 338 g/mol. The lowest BCUT2D eigenvalue weighted by molar-refractivity contribution is 0.0349. The second kappa shape index (κ2) is 8.10. The maximum absolute atomic E-state index is 12.0. The average molecular weight is 338 g/mol. The SMILES string of the molecule is COc1ccc(C(=O)COCC(C)(C)NC(=O)OC(C)(C)C)cn1. The molecule has 0 saturated carbocycles. The van der Waals surface area contributed by atoms with Crippen molar-refractivity contribution >= 4 is 11.9 Å². The van der Waals surface area contributed by atoms with Crippen molar-refractivity contribution < 1.29 is 23.8 Å². The van der Waals surface area contributed by atoms with E-state index >= 15 is 0 Å². The molecule has 0 spiro atoms. The lowest BCUT2D eigenvalue weighted by Crippen LogP contribution is -2.49. The van der Waals surface area contributed by atoms with E-state index in [-0.39, 0.29) is 19.0 Å². The van der Waals surface area contributed by atoms with Crippen LogP contribution in [0.15, 0.2) is 18.3 Å². The first kappa shape index (κ1) is 19.9. The van der Waals surface area contributed by atoms with Crippen LogP contribution in [0.5, 0.6) is 5.88 Å². The maximum atomic E-state index is 12.0. The van der Waals surface area contributed by atoms with Crippen LogP contribution in [0.25, 0.3) is 0 Å². The van der Waals surface area contributed by atoms with Gasteiger partial charge in [0, 0.05) is 17.8 Å². The molecular weight excluding hydrogens is 312 g/mol. The number of nitrogens with zero attached hydrogens (tertiary/aromatic N) is 1. The van der Waals surface area contributed by atoms with Crippen LogP contribution in [-0.4, -0.2) is 48.3 Å². The number of rotatable bonds is 7. The number of aromatic nitrogens is 1. The standard InChI is InChI=1S/C17H26N2O5/c1-16(2,3)24-15(21)19-17(4,5)11-23-10-13(20)12-7-8-14(22-6)18-9-12/h7-9H,10-11H2,1-6H3,(H,19,21). The quantitative estimate of drug-likeness (QED) is 0.769. The number of hydrogen-bond donors (Lipinski definition) is 1. The van der Waals surface area contributed by atoms with E-state index in [1.54, 1.807) is 46.8 Å². The summed E-state index contributed by atoms with van der Waals surface area (Å²) in [6.45, 7) is 9.01. The Hall–Kier alpha value is -2.15. The smallest absolute Gasteiger partial charge is 0.408 e. The van der Waals surface area contributed by atoms with Crippen molar-refractivity contribution in [2.24, 2.45) is 0 Å². The third-order valence-electron chi connectivity index (χ3n) is 2.80. The average Bonchev–Trinajstić information content (AvgIpc) is 2.44. The lowest BCUT2D eigenvalue weighted by Gasteiger charge is -2.28. The number of amides is 1. The fraction of sp³-hybridized carbons (Fsp3) is 0.588. The predicted molar refractivity (Wildman–Crippen MR) is 89.4 cm³/mol. The number of ketones is 1. The third-order valence-corrected chi connectivity index (χ3v) is 2.80. The zero-order valence-corrected chi connectivity index (χ0v) is 15.1. The van der Waals surface area contributed by atoms with Gasteiger partial charge in [0.05, 0.1) is 19.3 Å². The van der Waals surface area contributed by atoms with Crippen molar-refractivity contribution in [2.75, 3.05) is 20.3 Å². The molecule has 1 heterocycles. The molecule has 0 aliphatic heterocycles. The van der Waals surface area contributed by atoms with Crippen molar-refractivity contribution in [3.05, 3.63) is 23.9 Å². The molecule has 24 heavy (non-hydrogen) atoms. The van der Waals surface area contributed by atoms with Crippen LogP contribution in [0.2, 0.25) is 0 Å². The van der Waals surface area contributed by atoms with Gasteiger partial charge in [-0.3, -0.25) is 4.79 Å². The van der Waals surface area contributed by atoms with Crippen molar-refractivity contribution in [3.63, 3.8) is 0 Å². The minimum atomic E-state index is -0.666. The molecule has 1 rings (SSSR count). The van der Waals surface area contributed by atoms with Crippen molar-refractivity contribution in [2.45, 2.75) is 45.8 Å². The summed E-state index contributed by atoms with van der Waals surface area (Å²) in [5.41, 5.74) is -0.798. The van der Waals surface area contributed by atoms with Gasteiger partial charge in [-0.1, -0.05) is 0 Å². The second-order valence-corrected chi connectivity index (χ2v) is 7.02. The highest BCUT2D eigenvalue weighted by Crippen LogP contribution is 2.11. The second-order valence-electron chi connectivity index (χ2n) is 7.02. The minimum absolute atomic E-state index is 0.104. The molecular formula is C17H26N2O5. The first-order valence-corrected chi connectivity index (χ1v) is 7.64. The number of Topliss-reactive ketones (excluding diaryl/α,β-unsaturated/α-hetero) is 1. The van der Waals surface area contributed by atoms with Crippen LogP contribution in [0.4, 0.5) is 4.79 Å². The summed E-state index contributed by atoms with van der Waals surface area (Å²) < 4.78 is 15.6. The van der Waals surface area contributed by atoms with Crippen LogP contribution >= 0.6 is 0 Å². The molecule has 0 atom stereocenters. The number of hydrogen-bond acceptors (Lipinski definition) is 6. The van der Waals surface area contributed by atoms with Crippen molar-refractivity contribution in [1.29, 1.82) is 0 Å². The highest BCUT2D eigenvalue weighted by molar-refractivity contribution is 5.96. The molecule has 7 nitrogen and oxygen atoms in total. The number of pyridine rings is 1. The molecule has 0 bridgehead atoms. The predicted octanol–water partition coefficient (Wildman–Crippen LogP) is 2.59. The molecule has 0 saturated heterocycles. The zero-order valence-electron chi connectivity index (χ0n) is 15.1. The summed E-state index contributed by atoms with van der Waals surface area (Å²) in [6.07, 6.45) is 0.913. The number of carbonyl (C=O) groups excluding carboxylic acids is 2. The third kappa shape index (κ3) is 7.41. The Balaban J connectivity index is 2.44. The Morgan fingerprint density at radius 1 is 1.17 bits per heavy atom. The molecule has 0 aromatic carbocycles. The Morgan fingerprint density at radius 3 is 2.33 bits per heavy atom. The van der Waals surface area contributed by atoms with Crippen molar-refractivity contribution in [1.82, 2.24) is 10.3 Å². The summed E-state index contributed by atoms with van der Waals surface area (Å²) >= 11 is 0. The molecule has 134 valence electrons. The van der Waals surface area contributed by atoms with E-state index < -0.39 is 17.2 Å². The molecule has 0 radical (unpaired) electrons. The topological polar surface area (TPSA) is 86.8 Å². The number of alkyl carbamates (subject to hydrolysis) is 1. The summed E-state index contributed by atoms with van der Waals surface area (Å²) in [7, 11) is 1.51. The first-order valence-electron chi connectivity index (χ1n) is 7.64. The molecule has 1 amide bonds. The minimum Gasteiger partial charge on any atom is -0.481 e. The Bertz CT molecular complexity index is 561. The van der Waals surface area contributed by atoms with E-state index in [9.17, 15) is 9.59 Å². The number of nitrogens with one attached hydrogen (secondary N) is 1. The number of carbonyl (C=O) groups is 2. The molecule has 0 fully saturated rings. The lowest BCUT2D eigenvalue weighted by atomic mass is 10.1. The van der Waals surface area contributed by atoms with E-state index in [4.69, 9.17) is 14.2 Å². The summed E-state index contributed by atoms with van der Waals surface area (Å²) in [5, 5.41) is 2.72. The fourth-order valence-corrected chi connectivity index (χ4v) is 1.76. The van der Waals surface area contributed by atoms with Gasteiger partial charge in [-0.25, -0.2) is 9.78 Å². The van der Waals surface area contributed by atoms with Crippen LogP contribution in [0.1, 0.15) is 45.0 Å². The van der Waals surface area contributed by atoms with Crippen LogP contribution < -0.4 is 10.1 Å². The maximum Gasteiger partial charge on any atom is 0.408 e. The summed E-state index contributed by atoms with van der Waals surface area (Å²) in [5.74, 6) is 0.244. The van der Waals surface area contributed by atoms with Gasteiger partial charge in [0.1, 0.15) is 12.2 Å². The molecule has 0 aliphatic rings. The zero-order chi connectivity index (χ0) is 18.4. The van der Waals surface area contributed by atoms with Gasteiger partial charge in [-0.2, -0.15) is 0 Å². The van der Waals surface area contributed by atoms with Gasteiger partial charge in [-0.15, -0.1) is 0 Å². The van der Waals surface area contributed by atoms with E-state index in [2.05, 4.69) is 10.3 Å². The van der Waals surface area contributed by atoms with Gasteiger partial charge >= 0.3 is 6.09 Å². The largest absolute Gasteiger partial charge is 0.481 e. The molecule has 1 N–H and O–H groups in total. The Kier molecular flexibility index (Phi) is 6.71. The molecule has 7 heteroatoms. The van der Waals surface area contributed by atoms with Gasteiger partial charge in [-0.05, 0) is 40.7 Å². The molecule has 0 aliphatic carbocycles. The number of ether oxygens (including phenoxy) is 3. The summed E-state index contributed by atoms with van der Waals surface area (Å²) in [4.78, 5) is 27.8. The van der Waals surface area contributed by atoms with Gasteiger partial charge in [0.2, 0.25) is 5.88 Å². The van der Waals surface area contributed by atoms with E-state index in [0.29, 0.717) is 11.4 Å². The van der Waals surface area contributed by atoms with Crippen LogP contribution in [0.3, 0.4) is 0 Å². The first-order chi connectivity index (χ1) is 11.0. The van der Waals surface area contributed by atoms with Crippen LogP contribution in [0, 0.1) is 0 Å². The van der Waals surface area contributed by atoms with Gasteiger partial charge in [0.25, 0.3) is 0 Å². The van der Waals surface area contributed by atoms with Crippen molar-refractivity contribution in [3.8, 4) is 5.88 Å². The highest BCUT2D eigenvalue weighted by atomic mass is 16.6. The van der Waals surface area contributed by atoms with Gasteiger partial charge < -0.3 is 19.5 Å². The molecule has 1 aromatic rings.